The molecule has 3 N–H and O–H groups in total. The van der Waals surface area contributed by atoms with Crippen LogP contribution < -0.4 is 10.5 Å². The first-order valence-corrected chi connectivity index (χ1v) is 8.62. The van der Waals surface area contributed by atoms with E-state index in [1.807, 2.05) is 24.3 Å². The van der Waals surface area contributed by atoms with Gasteiger partial charge in [0.1, 0.15) is 5.75 Å². The smallest absolute Gasteiger partial charge is 0.255 e. The van der Waals surface area contributed by atoms with Gasteiger partial charge in [0.05, 0.1) is 11.7 Å². The van der Waals surface area contributed by atoms with Gasteiger partial charge in [0.25, 0.3) is 5.91 Å². The lowest BCUT2D eigenvalue weighted by molar-refractivity contribution is -0.177. The highest BCUT2D eigenvalue weighted by Gasteiger charge is 2.43. The average molecular weight is 334 g/mol. The number of primary amides is 1. The SMILES string of the molecule is NC(=O)COc1cccc(CN2CCC3(CC2)OCCCC3O)c1. The summed E-state index contributed by atoms with van der Waals surface area (Å²) < 4.78 is 11.3. The minimum atomic E-state index is -0.479. The molecule has 1 atom stereocenters. The second-order valence-corrected chi connectivity index (χ2v) is 6.75. The van der Waals surface area contributed by atoms with Gasteiger partial charge in [0.2, 0.25) is 0 Å². The molecule has 6 heteroatoms. The van der Waals surface area contributed by atoms with Crippen molar-refractivity contribution in [3.8, 4) is 5.75 Å². The van der Waals surface area contributed by atoms with Gasteiger partial charge in [-0.05, 0) is 43.4 Å². The van der Waals surface area contributed by atoms with Crippen LogP contribution in [-0.4, -0.2) is 53.9 Å². The molecule has 3 rings (SSSR count). The van der Waals surface area contributed by atoms with Crippen LogP contribution in [0.25, 0.3) is 0 Å². The third kappa shape index (κ3) is 4.06. The standard InChI is InChI=1S/C18H26N2O4/c19-17(22)13-23-15-4-1-3-14(11-15)12-20-8-6-18(7-9-20)16(21)5-2-10-24-18/h1,3-4,11,16,21H,2,5-10,12-13H2,(H2,19,22). The quantitative estimate of drug-likeness (QED) is 0.841. The number of nitrogens with zero attached hydrogens (tertiary/aromatic N) is 1. The van der Waals surface area contributed by atoms with Crippen molar-refractivity contribution in [3.05, 3.63) is 29.8 Å². The van der Waals surface area contributed by atoms with Crippen molar-refractivity contribution in [3.63, 3.8) is 0 Å². The molecule has 2 fully saturated rings. The van der Waals surface area contributed by atoms with E-state index in [0.717, 1.165) is 57.5 Å². The first-order chi connectivity index (χ1) is 11.6. The fraction of sp³-hybridized carbons (Fsp3) is 0.611. The number of aliphatic hydroxyl groups excluding tert-OH is 1. The monoisotopic (exact) mass is 334 g/mol. The summed E-state index contributed by atoms with van der Waals surface area (Å²) in [4.78, 5) is 13.2. The molecule has 0 bridgehead atoms. The number of nitrogens with two attached hydrogens (primary N) is 1. The summed E-state index contributed by atoms with van der Waals surface area (Å²) in [7, 11) is 0. The van der Waals surface area contributed by atoms with E-state index in [-0.39, 0.29) is 18.3 Å². The van der Waals surface area contributed by atoms with Crippen LogP contribution in [0.2, 0.25) is 0 Å². The number of hydrogen-bond acceptors (Lipinski definition) is 5. The maximum absolute atomic E-state index is 10.8. The molecule has 0 radical (unpaired) electrons. The fourth-order valence-corrected chi connectivity index (χ4v) is 3.62. The fourth-order valence-electron chi connectivity index (χ4n) is 3.62. The van der Waals surface area contributed by atoms with E-state index in [1.54, 1.807) is 0 Å². The first kappa shape index (κ1) is 17.2. The highest BCUT2D eigenvalue weighted by Crippen LogP contribution is 2.35. The van der Waals surface area contributed by atoms with Crippen LogP contribution in [-0.2, 0) is 16.1 Å². The number of ether oxygens (including phenoxy) is 2. The Hall–Kier alpha value is -1.63. The summed E-state index contributed by atoms with van der Waals surface area (Å²) in [5.74, 6) is 0.179. The van der Waals surface area contributed by atoms with Crippen molar-refractivity contribution in [1.82, 2.24) is 4.90 Å². The molecule has 0 aromatic heterocycles. The Labute approximate surface area is 142 Å². The molecule has 1 amide bonds. The Balaban J connectivity index is 1.54. The molecule has 0 saturated carbocycles. The Morgan fingerprint density at radius 1 is 1.42 bits per heavy atom. The van der Waals surface area contributed by atoms with Gasteiger partial charge in [-0.2, -0.15) is 0 Å². The molecule has 2 saturated heterocycles. The lowest BCUT2D eigenvalue weighted by atomic mass is 9.82. The second-order valence-electron chi connectivity index (χ2n) is 6.75. The third-order valence-corrected chi connectivity index (χ3v) is 5.01. The maximum atomic E-state index is 10.8. The minimum Gasteiger partial charge on any atom is -0.484 e. The molecular formula is C18H26N2O4. The highest BCUT2D eigenvalue weighted by atomic mass is 16.5. The summed E-state index contributed by atoms with van der Waals surface area (Å²) in [6.07, 6.45) is 3.20. The van der Waals surface area contributed by atoms with E-state index < -0.39 is 5.91 Å². The molecule has 24 heavy (non-hydrogen) atoms. The van der Waals surface area contributed by atoms with E-state index in [1.165, 1.54) is 0 Å². The van der Waals surface area contributed by atoms with E-state index in [9.17, 15) is 9.90 Å². The van der Waals surface area contributed by atoms with Gasteiger partial charge in [0, 0.05) is 26.2 Å². The zero-order chi connectivity index (χ0) is 17.0. The average Bonchev–Trinajstić information content (AvgIpc) is 2.58. The minimum absolute atomic E-state index is 0.106. The Kier molecular flexibility index (Phi) is 5.38. The summed E-state index contributed by atoms with van der Waals surface area (Å²) in [5.41, 5.74) is 5.91. The molecule has 2 aliphatic heterocycles. The summed E-state index contributed by atoms with van der Waals surface area (Å²) in [6.45, 7) is 3.29. The molecule has 1 aromatic carbocycles. The summed E-state index contributed by atoms with van der Waals surface area (Å²) >= 11 is 0. The van der Waals surface area contributed by atoms with Crippen molar-refractivity contribution < 1.29 is 19.4 Å². The van der Waals surface area contributed by atoms with Gasteiger partial charge < -0.3 is 20.3 Å². The number of aliphatic hydroxyl groups is 1. The van der Waals surface area contributed by atoms with E-state index in [0.29, 0.717) is 5.75 Å². The molecule has 0 aliphatic carbocycles. The van der Waals surface area contributed by atoms with Crippen LogP contribution in [0.1, 0.15) is 31.2 Å². The van der Waals surface area contributed by atoms with Crippen LogP contribution in [0.5, 0.6) is 5.75 Å². The first-order valence-electron chi connectivity index (χ1n) is 8.62. The number of likely N-dealkylation sites (tertiary alicyclic amines) is 1. The van der Waals surface area contributed by atoms with Gasteiger partial charge in [0.15, 0.2) is 6.61 Å². The summed E-state index contributed by atoms with van der Waals surface area (Å²) in [6, 6.07) is 7.74. The zero-order valence-electron chi connectivity index (χ0n) is 13.9. The topological polar surface area (TPSA) is 85.0 Å². The Morgan fingerprint density at radius 2 is 2.21 bits per heavy atom. The van der Waals surface area contributed by atoms with Crippen LogP contribution in [0.4, 0.5) is 0 Å². The summed E-state index contributed by atoms with van der Waals surface area (Å²) in [5, 5.41) is 10.3. The van der Waals surface area contributed by atoms with E-state index >= 15 is 0 Å². The normalized spacial score (nSPS) is 24.0. The molecule has 2 aliphatic rings. The van der Waals surface area contributed by atoms with Gasteiger partial charge in [-0.25, -0.2) is 0 Å². The van der Waals surface area contributed by atoms with Gasteiger partial charge in [-0.3, -0.25) is 9.69 Å². The van der Waals surface area contributed by atoms with Gasteiger partial charge in [-0.1, -0.05) is 12.1 Å². The van der Waals surface area contributed by atoms with Crippen molar-refractivity contribution in [2.45, 2.75) is 43.9 Å². The number of benzene rings is 1. The predicted molar refractivity (Wildman–Crippen MR) is 89.6 cm³/mol. The van der Waals surface area contributed by atoms with Crippen molar-refractivity contribution in [2.75, 3.05) is 26.3 Å². The lowest BCUT2D eigenvalue weighted by Crippen LogP contribution is -2.55. The van der Waals surface area contributed by atoms with Crippen LogP contribution in [0, 0.1) is 0 Å². The third-order valence-electron chi connectivity index (χ3n) is 5.01. The van der Waals surface area contributed by atoms with Crippen molar-refractivity contribution >= 4 is 5.91 Å². The van der Waals surface area contributed by atoms with Gasteiger partial charge >= 0.3 is 0 Å². The second kappa shape index (κ2) is 7.51. The van der Waals surface area contributed by atoms with Crippen LogP contribution >= 0.6 is 0 Å². The Bertz CT molecular complexity index is 570. The largest absolute Gasteiger partial charge is 0.484 e. The number of amides is 1. The zero-order valence-corrected chi connectivity index (χ0v) is 13.9. The number of hydrogen-bond donors (Lipinski definition) is 2. The molecule has 1 aromatic rings. The molecule has 1 unspecified atom stereocenters. The van der Waals surface area contributed by atoms with Crippen LogP contribution in [0.3, 0.4) is 0 Å². The van der Waals surface area contributed by atoms with Gasteiger partial charge in [-0.15, -0.1) is 0 Å². The van der Waals surface area contributed by atoms with E-state index in [4.69, 9.17) is 15.2 Å². The Morgan fingerprint density at radius 3 is 2.92 bits per heavy atom. The number of rotatable bonds is 5. The lowest BCUT2D eigenvalue weighted by Gasteiger charge is -2.46. The maximum Gasteiger partial charge on any atom is 0.255 e. The highest BCUT2D eigenvalue weighted by molar-refractivity contribution is 5.75. The van der Waals surface area contributed by atoms with Crippen molar-refractivity contribution in [2.24, 2.45) is 5.73 Å². The molecule has 6 nitrogen and oxygen atoms in total. The van der Waals surface area contributed by atoms with Crippen LogP contribution in [0.15, 0.2) is 24.3 Å². The number of carbonyl (C=O) groups excluding carboxylic acids is 1. The number of carbonyl (C=O) groups is 1. The number of piperidine rings is 1. The van der Waals surface area contributed by atoms with E-state index in [2.05, 4.69) is 4.90 Å². The molecule has 2 heterocycles. The predicted octanol–water partition coefficient (Wildman–Crippen LogP) is 1.06. The molecule has 1 spiro atoms. The molecule has 132 valence electrons. The van der Waals surface area contributed by atoms with Crippen molar-refractivity contribution in [1.29, 1.82) is 0 Å². The molecular weight excluding hydrogens is 308 g/mol.